The van der Waals surface area contributed by atoms with Gasteiger partial charge in [-0.25, -0.2) is 8.42 Å². The predicted molar refractivity (Wildman–Crippen MR) is 146 cm³/mol. The van der Waals surface area contributed by atoms with Crippen molar-refractivity contribution < 1.29 is 22.7 Å². The number of hydrogen-bond donors (Lipinski definition) is 1. The van der Waals surface area contributed by atoms with Crippen LogP contribution in [0.2, 0.25) is 0 Å². The molecule has 8 nitrogen and oxygen atoms in total. The summed E-state index contributed by atoms with van der Waals surface area (Å²) in [5.74, 6) is -0.00589. The van der Waals surface area contributed by atoms with E-state index in [1.54, 1.807) is 32.2 Å². The van der Waals surface area contributed by atoms with E-state index in [1.807, 2.05) is 44.2 Å². The van der Waals surface area contributed by atoms with Crippen LogP contribution in [0.1, 0.15) is 63.5 Å². The zero-order valence-electron chi connectivity index (χ0n) is 22.4. The fourth-order valence-electron chi connectivity index (χ4n) is 4.74. The molecule has 2 aromatic carbocycles. The highest BCUT2D eigenvalue weighted by Gasteiger charge is 2.32. The summed E-state index contributed by atoms with van der Waals surface area (Å²) in [7, 11) is -2.22. The lowest BCUT2D eigenvalue weighted by Crippen LogP contribution is -2.52. The first-order valence-electron chi connectivity index (χ1n) is 12.8. The summed E-state index contributed by atoms with van der Waals surface area (Å²) >= 11 is 0. The molecule has 202 valence electrons. The highest BCUT2D eigenvalue weighted by atomic mass is 32.2. The molecule has 3 rings (SSSR count). The predicted octanol–water partition coefficient (Wildman–Crippen LogP) is 4.06. The van der Waals surface area contributed by atoms with Crippen molar-refractivity contribution in [1.29, 1.82) is 0 Å². The van der Waals surface area contributed by atoms with Gasteiger partial charge in [0.25, 0.3) is 0 Å². The summed E-state index contributed by atoms with van der Waals surface area (Å²) in [6.07, 6.45) is 5.10. The van der Waals surface area contributed by atoms with E-state index in [2.05, 4.69) is 5.32 Å². The molecular weight excluding hydrogens is 490 g/mol. The second-order valence-electron chi connectivity index (χ2n) is 10.0. The number of sulfonamides is 1. The Hall–Kier alpha value is -3.07. The monoisotopic (exact) mass is 529 g/mol. The van der Waals surface area contributed by atoms with Crippen molar-refractivity contribution in [2.24, 2.45) is 0 Å². The summed E-state index contributed by atoms with van der Waals surface area (Å²) < 4.78 is 32.3. The van der Waals surface area contributed by atoms with Crippen molar-refractivity contribution in [3.63, 3.8) is 0 Å². The van der Waals surface area contributed by atoms with E-state index in [4.69, 9.17) is 4.74 Å². The SMILES string of the molecule is COc1cccc(CN(C(=O)CN(c2ccccc2C(C)C)S(C)(=O)=O)[C@@H](C)C(=O)NC2CCCC2)c1. The lowest BCUT2D eigenvalue weighted by molar-refractivity contribution is -0.139. The summed E-state index contributed by atoms with van der Waals surface area (Å²) in [6, 6.07) is 13.8. The van der Waals surface area contributed by atoms with Gasteiger partial charge in [-0.05, 0) is 55.0 Å². The van der Waals surface area contributed by atoms with E-state index >= 15 is 0 Å². The molecule has 0 aliphatic heterocycles. The number of hydrogen-bond acceptors (Lipinski definition) is 5. The van der Waals surface area contributed by atoms with Crippen LogP contribution in [0.15, 0.2) is 48.5 Å². The maximum absolute atomic E-state index is 13.8. The number of amides is 2. The van der Waals surface area contributed by atoms with Crippen molar-refractivity contribution in [3.05, 3.63) is 59.7 Å². The fraction of sp³-hybridized carbons (Fsp3) is 0.500. The van der Waals surface area contributed by atoms with Crippen molar-refractivity contribution in [2.75, 3.05) is 24.2 Å². The van der Waals surface area contributed by atoms with Crippen LogP contribution in [0.3, 0.4) is 0 Å². The summed E-state index contributed by atoms with van der Waals surface area (Å²) in [5.41, 5.74) is 2.08. The second-order valence-corrected chi connectivity index (χ2v) is 11.9. The van der Waals surface area contributed by atoms with E-state index in [1.165, 1.54) is 4.90 Å². The van der Waals surface area contributed by atoms with E-state index in [0.29, 0.717) is 11.4 Å². The minimum atomic E-state index is -3.79. The Morgan fingerprint density at radius 3 is 2.35 bits per heavy atom. The number of benzene rings is 2. The van der Waals surface area contributed by atoms with Crippen LogP contribution in [-0.2, 0) is 26.2 Å². The fourth-order valence-corrected chi connectivity index (χ4v) is 5.61. The highest BCUT2D eigenvalue weighted by molar-refractivity contribution is 7.92. The Labute approximate surface area is 221 Å². The lowest BCUT2D eigenvalue weighted by Gasteiger charge is -2.33. The average molecular weight is 530 g/mol. The molecule has 0 unspecified atom stereocenters. The van der Waals surface area contributed by atoms with Crippen molar-refractivity contribution >= 4 is 27.5 Å². The lowest BCUT2D eigenvalue weighted by atomic mass is 10.0. The molecule has 9 heteroatoms. The molecule has 2 aromatic rings. The smallest absolute Gasteiger partial charge is 0.244 e. The molecule has 0 radical (unpaired) electrons. The van der Waals surface area contributed by atoms with Gasteiger partial charge in [-0.3, -0.25) is 13.9 Å². The van der Waals surface area contributed by atoms with Crippen LogP contribution >= 0.6 is 0 Å². The minimum Gasteiger partial charge on any atom is -0.497 e. The summed E-state index contributed by atoms with van der Waals surface area (Å²) in [6.45, 7) is 5.37. The molecule has 1 aliphatic carbocycles. The molecule has 0 aromatic heterocycles. The third-order valence-corrected chi connectivity index (χ3v) is 7.99. The number of nitrogens with zero attached hydrogens (tertiary/aromatic N) is 2. The molecule has 37 heavy (non-hydrogen) atoms. The molecule has 0 heterocycles. The Bertz CT molecular complexity index is 1190. The number of para-hydroxylation sites is 1. The minimum absolute atomic E-state index is 0.0551. The third-order valence-electron chi connectivity index (χ3n) is 6.86. The van der Waals surface area contributed by atoms with Crippen molar-refractivity contribution in [1.82, 2.24) is 10.2 Å². The Balaban J connectivity index is 1.94. The third kappa shape index (κ3) is 7.47. The van der Waals surface area contributed by atoms with Crippen LogP contribution in [0, 0.1) is 0 Å². The van der Waals surface area contributed by atoms with E-state index in [9.17, 15) is 18.0 Å². The van der Waals surface area contributed by atoms with Crippen LogP contribution < -0.4 is 14.4 Å². The molecule has 1 fully saturated rings. The van der Waals surface area contributed by atoms with Gasteiger partial charge in [0.15, 0.2) is 0 Å². The average Bonchev–Trinajstić information content (AvgIpc) is 3.37. The van der Waals surface area contributed by atoms with Crippen molar-refractivity contribution in [2.45, 2.75) is 71.0 Å². The second kappa shape index (κ2) is 12.4. The zero-order chi connectivity index (χ0) is 27.2. The largest absolute Gasteiger partial charge is 0.497 e. The molecule has 1 atom stereocenters. The highest BCUT2D eigenvalue weighted by Crippen LogP contribution is 2.29. The van der Waals surface area contributed by atoms with E-state index in [0.717, 1.165) is 47.4 Å². The number of methoxy groups -OCH3 is 1. The number of anilines is 1. The molecule has 1 aliphatic rings. The number of ether oxygens (including phenoxy) is 1. The van der Waals surface area contributed by atoms with Crippen LogP contribution in [-0.4, -0.2) is 57.1 Å². The number of rotatable bonds is 11. The van der Waals surface area contributed by atoms with Gasteiger partial charge in [-0.1, -0.05) is 57.0 Å². The maximum atomic E-state index is 13.8. The van der Waals surface area contributed by atoms with Gasteiger partial charge in [0, 0.05) is 12.6 Å². The van der Waals surface area contributed by atoms with E-state index < -0.39 is 28.5 Å². The molecule has 2 amide bonds. The van der Waals surface area contributed by atoms with Crippen molar-refractivity contribution in [3.8, 4) is 5.75 Å². The van der Waals surface area contributed by atoms with E-state index in [-0.39, 0.29) is 24.4 Å². The summed E-state index contributed by atoms with van der Waals surface area (Å²) in [4.78, 5) is 28.5. The number of nitrogens with one attached hydrogen (secondary N) is 1. The molecule has 0 spiro atoms. The standard InChI is InChI=1S/C28H39N3O5S/c1-20(2)25-15-8-9-16-26(25)31(37(5,34)35)19-27(32)30(18-22-11-10-14-24(17-22)36-4)21(3)28(33)29-23-12-6-7-13-23/h8-11,14-17,20-21,23H,6-7,12-13,18-19H2,1-5H3,(H,29,33)/t21-/m0/s1. The molecule has 1 saturated carbocycles. The quantitative estimate of drug-likeness (QED) is 0.474. The normalized spacial score (nSPS) is 14.9. The zero-order valence-corrected chi connectivity index (χ0v) is 23.3. The first-order valence-corrected chi connectivity index (χ1v) is 14.7. The van der Waals surface area contributed by atoms with Gasteiger partial charge in [0.2, 0.25) is 21.8 Å². The molecule has 0 saturated heterocycles. The van der Waals surface area contributed by atoms with Crippen LogP contribution in [0.4, 0.5) is 5.69 Å². The molecule has 0 bridgehead atoms. The van der Waals surface area contributed by atoms with Gasteiger partial charge in [0.05, 0.1) is 19.1 Å². The van der Waals surface area contributed by atoms with Gasteiger partial charge in [0.1, 0.15) is 18.3 Å². The number of carbonyl (C=O) groups excluding carboxylic acids is 2. The molecular formula is C28H39N3O5S. The van der Waals surface area contributed by atoms with Gasteiger partial charge >= 0.3 is 0 Å². The van der Waals surface area contributed by atoms with Gasteiger partial charge in [-0.2, -0.15) is 0 Å². The van der Waals surface area contributed by atoms with Gasteiger partial charge < -0.3 is 15.0 Å². The van der Waals surface area contributed by atoms with Crippen LogP contribution in [0.25, 0.3) is 0 Å². The Morgan fingerprint density at radius 1 is 1.05 bits per heavy atom. The first kappa shape index (κ1) is 28.5. The Morgan fingerprint density at radius 2 is 1.73 bits per heavy atom. The first-order chi connectivity index (χ1) is 17.5. The summed E-state index contributed by atoms with van der Waals surface area (Å²) in [5, 5.41) is 3.07. The Kier molecular flexibility index (Phi) is 9.59. The van der Waals surface area contributed by atoms with Gasteiger partial charge in [-0.15, -0.1) is 0 Å². The molecule has 1 N–H and O–H groups in total. The topological polar surface area (TPSA) is 96.0 Å². The van der Waals surface area contributed by atoms with Crippen LogP contribution in [0.5, 0.6) is 5.75 Å². The maximum Gasteiger partial charge on any atom is 0.244 e. The number of carbonyl (C=O) groups is 2.